The minimum absolute atomic E-state index is 0.0937. The molecule has 0 aliphatic heterocycles. The summed E-state index contributed by atoms with van der Waals surface area (Å²) in [6, 6.07) is 0. The van der Waals surface area contributed by atoms with E-state index >= 15 is 0 Å². The highest BCUT2D eigenvalue weighted by Gasteiger charge is 2.07. The van der Waals surface area contributed by atoms with Gasteiger partial charge in [0.05, 0.1) is 11.9 Å². The van der Waals surface area contributed by atoms with Crippen molar-refractivity contribution >= 4 is 120 Å². The standard InChI is InChI=1S/C22H40O6S9/c23-18-32-10-13-35-20(25)2-6-29-5-1-16-37(28)17-15-31-9-12-34-21(26)3-7-30-8-4-22(27)36-14-11-33-19-24/h23-24H,1-19H2. The smallest absolute Gasteiger partial charge is 0.189 e. The lowest BCUT2D eigenvalue weighted by molar-refractivity contribution is -0.111. The van der Waals surface area contributed by atoms with Gasteiger partial charge in [0.15, 0.2) is 15.3 Å². The number of aliphatic hydroxyl groups excluding tert-OH is 2. The van der Waals surface area contributed by atoms with Crippen LogP contribution >= 0.6 is 94.1 Å². The first-order valence-corrected chi connectivity index (χ1v) is 22.1. The molecule has 0 heterocycles. The molecule has 0 spiro atoms. The van der Waals surface area contributed by atoms with E-state index in [2.05, 4.69) is 0 Å². The Labute approximate surface area is 259 Å². The zero-order valence-corrected chi connectivity index (χ0v) is 28.5. The third-order valence-electron chi connectivity index (χ3n) is 4.12. The molecule has 15 heteroatoms. The van der Waals surface area contributed by atoms with E-state index in [1.165, 1.54) is 58.8 Å². The lowest BCUT2D eigenvalue weighted by Gasteiger charge is -2.04. The molecule has 0 aliphatic carbocycles. The summed E-state index contributed by atoms with van der Waals surface area (Å²) in [7, 11) is -0.809. The summed E-state index contributed by atoms with van der Waals surface area (Å²) < 4.78 is 12.1. The number of aliphatic hydroxyl groups is 2. The summed E-state index contributed by atoms with van der Waals surface area (Å²) in [4.78, 5) is 35.3. The minimum atomic E-state index is -0.809. The van der Waals surface area contributed by atoms with Crippen molar-refractivity contribution in [2.75, 3.05) is 86.7 Å². The molecule has 2 N–H and O–H groups in total. The third kappa shape index (κ3) is 30.7. The predicted octanol–water partition coefficient (Wildman–Crippen LogP) is 4.64. The van der Waals surface area contributed by atoms with Gasteiger partial charge in [0.25, 0.3) is 0 Å². The van der Waals surface area contributed by atoms with E-state index in [-0.39, 0.29) is 27.2 Å². The Morgan fingerprint density at radius 2 is 0.892 bits per heavy atom. The molecule has 1 unspecified atom stereocenters. The van der Waals surface area contributed by atoms with Crippen molar-refractivity contribution in [1.82, 2.24) is 0 Å². The second-order valence-corrected chi connectivity index (χ2v) is 18.0. The number of carbonyl (C=O) groups is 3. The Morgan fingerprint density at radius 1 is 0.486 bits per heavy atom. The van der Waals surface area contributed by atoms with E-state index in [0.29, 0.717) is 30.8 Å². The minimum Gasteiger partial charge on any atom is -0.386 e. The van der Waals surface area contributed by atoms with Gasteiger partial charge in [0, 0.05) is 99.1 Å². The van der Waals surface area contributed by atoms with Crippen LogP contribution in [-0.4, -0.2) is 116 Å². The maximum atomic E-state index is 12.1. The second-order valence-electron chi connectivity index (χ2n) is 7.02. The Bertz CT molecular complexity index is 613. The fourth-order valence-corrected chi connectivity index (χ4v) is 10.8. The second kappa shape index (κ2) is 30.8. The molecule has 0 saturated heterocycles. The summed E-state index contributed by atoms with van der Waals surface area (Å²) in [5, 5.41) is 17.9. The van der Waals surface area contributed by atoms with Crippen LogP contribution < -0.4 is 0 Å². The first-order valence-electron chi connectivity index (χ1n) is 11.9. The maximum absolute atomic E-state index is 12.1. The highest BCUT2D eigenvalue weighted by Crippen LogP contribution is 2.16. The Hall–Kier alpha value is 1.88. The molecule has 1 atom stereocenters. The van der Waals surface area contributed by atoms with E-state index in [4.69, 9.17) is 10.2 Å². The molecule has 0 radical (unpaired) electrons. The third-order valence-corrected chi connectivity index (χ3v) is 13.8. The monoisotopic (exact) mass is 688 g/mol. The first-order chi connectivity index (χ1) is 18.0. The van der Waals surface area contributed by atoms with Crippen molar-refractivity contribution in [1.29, 1.82) is 0 Å². The Balaban J connectivity index is 3.42. The van der Waals surface area contributed by atoms with E-state index in [0.717, 1.165) is 69.7 Å². The van der Waals surface area contributed by atoms with Crippen LogP contribution in [0.3, 0.4) is 0 Å². The van der Waals surface area contributed by atoms with Gasteiger partial charge in [0.1, 0.15) is 0 Å². The van der Waals surface area contributed by atoms with E-state index in [1.54, 1.807) is 35.3 Å². The van der Waals surface area contributed by atoms with Crippen molar-refractivity contribution < 1.29 is 28.8 Å². The fraction of sp³-hybridized carbons (Fsp3) is 0.864. The molecule has 0 rings (SSSR count). The van der Waals surface area contributed by atoms with Crippen molar-refractivity contribution in [2.45, 2.75) is 25.7 Å². The zero-order chi connectivity index (χ0) is 27.4. The number of thioether (sulfide) groups is 8. The van der Waals surface area contributed by atoms with E-state index in [1.807, 2.05) is 0 Å². The maximum Gasteiger partial charge on any atom is 0.189 e. The lowest BCUT2D eigenvalue weighted by atomic mass is 10.5. The van der Waals surface area contributed by atoms with Gasteiger partial charge in [-0.15, -0.1) is 23.5 Å². The molecule has 0 bridgehead atoms. The number of hydrogen-bond acceptors (Lipinski definition) is 14. The first kappa shape index (κ1) is 38.9. The molecule has 0 amide bonds. The molecule has 218 valence electrons. The van der Waals surface area contributed by atoms with Gasteiger partial charge in [0.2, 0.25) is 0 Å². The van der Waals surface area contributed by atoms with Gasteiger partial charge in [-0.1, -0.05) is 35.3 Å². The summed E-state index contributed by atoms with van der Waals surface area (Å²) in [6.45, 7) is 0. The lowest BCUT2D eigenvalue weighted by Crippen LogP contribution is -2.07. The average molecular weight is 689 g/mol. The molecule has 0 aromatic heterocycles. The van der Waals surface area contributed by atoms with Crippen LogP contribution in [-0.2, 0) is 25.2 Å². The van der Waals surface area contributed by atoms with Crippen molar-refractivity contribution in [3.8, 4) is 0 Å². The average Bonchev–Trinajstić information content (AvgIpc) is 2.88. The molecule has 6 nitrogen and oxygen atoms in total. The van der Waals surface area contributed by atoms with Gasteiger partial charge in [-0.2, -0.15) is 35.3 Å². The fourth-order valence-electron chi connectivity index (χ4n) is 2.34. The predicted molar refractivity (Wildman–Crippen MR) is 180 cm³/mol. The number of rotatable bonds is 27. The van der Waals surface area contributed by atoms with Crippen molar-refractivity contribution in [3.05, 3.63) is 0 Å². The van der Waals surface area contributed by atoms with E-state index < -0.39 is 10.8 Å². The number of carbonyl (C=O) groups excluding carboxylic acids is 3. The van der Waals surface area contributed by atoms with Crippen LogP contribution in [0, 0.1) is 0 Å². The van der Waals surface area contributed by atoms with Gasteiger partial charge < -0.3 is 10.2 Å². The summed E-state index contributed by atoms with van der Waals surface area (Å²) >= 11 is 12.0. The van der Waals surface area contributed by atoms with Gasteiger partial charge in [-0.25, -0.2) is 0 Å². The molecule has 0 fully saturated rings. The largest absolute Gasteiger partial charge is 0.386 e. The summed E-state index contributed by atoms with van der Waals surface area (Å²) in [5.41, 5.74) is 0. The highest BCUT2D eigenvalue weighted by molar-refractivity contribution is 8.15. The molecule has 37 heavy (non-hydrogen) atoms. The van der Waals surface area contributed by atoms with Gasteiger partial charge in [-0.3, -0.25) is 18.6 Å². The molecular weight excluding hydrogens is 649 g/mol. The highest BCUT2D eigenvalue weighted by atomic mass is 32.2. The van der Waals surface area contributed by atoms with Gasteiger partial charge in [-0.05, 0) is 12.2 Å². The topological polar surface area (TPSA) is 109 Å². The molecule has 0 aromatic carbocycles. The SMILES string of the molecule is O=C(CCSCCCS(=O)CCSCCSC(=O)CCSCCC(=O)SCCSCO)SCCSCO. The van der Waals surface area contributed by atoms with Crippen LogP contribution in [0.1, 0.15) is 25.7 Å². The van der Waals surface area contributed by atoms with Crippen LogP contribution in [0.4, 0.5) is 0 Å². The summed E-state index contributed by atoms with van der Waals surface area (Å²) in [5.74, 6) is 10.3. The Kier molecular flexibility index (Phi) is 32.4. The Morgan fingerprint density at radius 3 is 1.35 bits per heavy atom. The van der Waals surface area contributed by atoms with Crippen LogP contribution in [0.25, 0.3) is 0 Å². The van der Waals surface area contributed by atoms with Crippen LogP contribution in [0.2, 0.25) is 0 Å². The normalized spacial score (nSPS) is 12.1. The molecular formula is C22H40O6S9. The molecule has 0 aliphatic rings. The van der Waals surface area contributed by atoms with Gasteiger partial charge >= 0.3 is 0 Å². The van der Waals surface area contributed by atoms with Crippen molar-refractivity contribution in [2.24, 2.45) is 0 Å². The van der Waals surface area contributed by atoms with E-state index in [9.17, 15) is 18.6 Å². The summed E-state index contributed by atoms with van der Waals surface area (Å²) in [6.07, 6.45) is 2.50. The quantitative estimate of drug-likeness (QED) is 0.0924. The molecule has 0 aromatic rings. The van der Waals surface area contributed by atoms with Crippen LogP contribution in [0.15, 0.2) is 0 Å². The number of hydrogen-bond donors (Lipinski definition) is 2. The zero-order valence-electron chi connectivity index (χ0n) is 21.1. The van der Waals surface area contributed by atoms with Crippen molar-refractivity contribution in [3.63, 3.8) is 0 Å². The van der Waals surface area contributed by atoms with Crippen LogP contribution in [0.5, 0.6) is 0 Å². The molecule has 0 saturated carbocycles.